The molecule has 0 bridgehead atoms. The van der Waals surface area contributed by atoms with Crippen LogP contribution < -0.4 is 30.2 Å². The molecule has 0 saturated carbocycles. The zero-order chi connectivity index (χ0) is 23.4. The highest BCUT2D eigenvalue weighted by Crippen LogP contribution is 2.36. The number of fused-ring (bicyclic) bond motifs is 2. The van der Waals surface area contributed by atoms with Crippen LogP contribution in [0.15, 0.2) is 85.2 Å². The lowest BCUT2D eigenvalue weighted by Crippen LogP contribution is -2.56. The van der Waals surface area contributed by atoms with Crippen molar-refractivity contribution in [2.24, 2.45) is 0 Å². The molecule has 0 spiro atoms. The van der Waals surface area contributed by atoms with E-state index in [1.54, 1.807) is 0 Å². The van der Waals surface area contributed by atoms with E-state index in [0.717, 1.165) is 23.0 Å². The molecule has 4 heterocycles. The predicted molar refractivity (Wildman–Crippen MR) is 145 cm³/mol. The molecule has 6 rings (SSSR count). The Labute approximate surface area is 201 Å². The Kier molecular flexibility index (Phi) is 4.76. The summed E-state index contributed by atoms with van der Waals surface area (Å²) in [5.74, 6) is 2.02. The van der Waals surface area contributed by atoms with Crippen LogP contribution in [0.2, 0.25) is 0 Å². The number of nitrogens with zero attached hydrogens (tertiary/aromatic N) is 6. The van der Waals surface area contributed by atoms with E-state index in [4.69, 9.17) is 0 Å². The summed E-state index contributed by atoms with van der Waals surface area (Å²) in [6.07, 6.45) is 3.73. The average Bonchev–Trinajstić information content (AvgIpc) is 3.29. The summed E-state index contributed by atoms with van der Waals surface area (Å²) in [5, 5.41) is 0. The minimum atomic E-state index is 0.0621. The molecule has 6 nitrogen and oxygen atoms in total. The fourth-order valence-corrected chi connectivity index (χ4v) is 5.66. The van der Waals surface area contributed by atoms with E-state index in [-0.39, 0.29) is 14.0 Å². The van der Waals surface area contributed by atoms with Crippen molar-refractivity contribution in [1.82, 2.24) is 9.97 Å². The van der Waals surface area contributed by atoms with E-state index in [1.807, 2.05) is 24.5 Å². The van der Waals surface area contributed by atoms with Crippen LogP contribution >= 0.6 is 0 Å². The van der Waals surface area contributed by atoms with E-state index in [2.05, 4.69) is 118 Å². The average molecular weight is 444 g/mol. The maximum Gasteiger partial charge on any atom is 0.412 e. The Bertz CT molecular complexity index is 1220. The Morgan fingerprint density at radius 3 is 1.32 bits per heavy atom. The predicted octanol–water partition coefficient (Wildman–Crippen LogP) is 2.71. The quantitative estimate of drug-likeness (QED) is 0.453. The Morgan fingerprint density at radius 1 is 0.500 bits per heavy atom. The Morgan fingerprint density at radius 2 is 0.912 bits per heavy atom. The minimum absolute atomic E-state index is 0.0621. The summed E-state index contributed by atoms with van der Waals surface area (Å²) in [6.45, 7) is 0.124. The number of pyridine rings is 2. The van der Waals surface area contributed by atoms with Crippen molar-refractivity contribution in [3.63, 3.8) is 0 Å². The summed E-state index contributed by atoms with van der Waals surface area (Å²) in [4.78, 5) is 18.5. The van der Waals surface area contributed by atoms with Crippen molar-refractivity contribution < 1.29 is 0 Å². The van der Waals surface area contributed by atoms with Crippen molar-refractivity contribution in [3.8, 4) is 11.1 Å². The number of anilines is 4. The molecule has 166 valence electrons. The van der Waals surface area contributed by atoms with Gasteiger partial charge in [-0.15, -0.1) is 0 Å². The molecule has 0 unspecified atom stereocenters. The first kappa shape index (κ1) is 20.7. The molecule has 0 amide bonds. The molecule has 0 aliphatic carbocycles. The lowest BCUT2D eigenvalue weighted by Gasteiger charge is -2.28. The number of aromatic nitrogens is 2. The van der Waals surface area contributed by atoms with Gasteiger partial charge in [0.25, 0.3) is 0 Å². The second-order valence-corrected chi connectivity index (χ2v) is 9.06. The van der Waals surface area contributed by atoms with Gasteiger partial charge in [-0.05, 0) is 74.5 Å². The summed E-state index contributed by atoms with van der Waals surface area (Å²) in [5.41, 5.74) is 7.29. The third-order valence-electron chi connectivity index (χ3n) is 7.20. The number of hydrogen-bond acceptors (Lipinski definition) is 6. The van der Waals surface area contributed by atoms with E-state index in [0.29, 0.717) is 0 Å². The van der Waals surface area contributed by atoms with Gasteiger partial charge in [0.2, 0.25) is 0 Å². The number of hydrogen-bond donors (Lipinski definition) is 0. The summed E-state index contributed by atoms with van der Waals surface area (Å²) >= 11 is 0. The first-order valence-electron chi connectivity index (χ1n) is 11.6. The highest BCUT2D eigenvalue weighted by Gasteiger charge is 2.42. The van der Waals surface area contributed by atoms with Crippen molar-refractivity contribution >= 4 is 47.9 Å². The van der Waals surface area contributed by atoms with Gasteiger partial charge in [-0.3, -0.25) is 0 Å². The van der Waals surface area contributed by atoms with Gasteiger partial charge in [-0.2, -0.15) is 0 Å². The smallest absolute Gasteiger partial charge is 0.392 e. The SMILES string of the molecule is CN1B(c2ccccc2-c2ccccc2B2N(C)c3cccnc3N2C)N(C)c2ncccc21. The monoisotopic (exact) mass is 444 g/mol. The molecular formula is C26H26B2N6. The summed E-state index contributed by atoms with van der Waals surface area (Å²) in [7, 11) is 8.56. The van der Waals surface area contributed by atoms with Gasteiger partial charge in [-0.25, -0.2) is 9.97 Å². The maximum absolute atomic E-state index is 4.66. The van der Waals surface area contributed by atoms with Gasteiger partial charge in [-0.1, -0.05) is 48.5 Å². The molecule has 0 saturated heterocycles. The molecule has 0 N–H and O–H groups in total. The standard InChI is InChI=1S/C26H26B2N6/c1-31-23-15-9-17-29-25(23)33(3)27(31)21-13-7-5-11-19(21)20-12-6-8-14-22(20)28-32(2)24-16-10-18-30-26(24)34(28)4/h5-18H,1-4H3. The minimum Gasteiger partial charge on any atom is -0.392 e. The van der Waals surface area contributed by atoms with Crippen molar-refractivity contribution in [2.75, 3.05) is 47.4 Å². The zero-order valence-electron chi connectivity index (χ0n) is 19.9. The second kappa shape index (κ2) is 7.83. The van der Waals surface area contributed by atoms with Crippen LogP contribution in [0.3, 0.4) is 0 Å². The van der Waals surface area contributed by atoms with Crippen LogP contribution in [0.1, 0.15) is 0 Å². The molecule has 34 heavy (non-hydrogen) atoms. The van der Waals surface area contributed by atoms with E-state index >= 15 is 0 Å². The van der Waals surface area contributed by atoms with Crippen LogP contribution in [0.25, 0.3) is 11.1 Å². The molecule has 2 aliphatic heterocycles. The van der Waals surface area contributed by atoms with Gasteiger partial charge in [0.15, 0.2) is 0 Å². The molecule has 8 heteroatoms. The summed E-state index contributed by atoms with van der Waals surface area (Å²) < 4.78 is 0. The number of benzene rings is 2. The maximum atomic E-state index is 4.66. The topological polar surface area (TPSA) is 38.7 Å². The summed E-state index contributed by atoms with van der Waals surface area (Å²) in [6, 6.07) is 25.8. The van der Waals surface area contributed by atoms with E-state index in [9.17, 15) is 0 Å². The number of rotatable bonds is 3. The van der Waals surface area contributed by atoms with Crippen LogP contribution in [0, 0.1) is 0 Å². The molecule has 0 radical (unpaired) electrons. The molecule has 2 aromatic carbocycles. The lowest BCUT2D eigenvalue weighted by molar-refractivity contribution is 1.22. The van der Waals surface area contributed by atoms with Crippen molar-refractivity contribution in [2.45, 2.75) is 0 Å². The highest BCUT2D eigenvalue weighted by molar-refractivity contribution is 6.84. The normalized spacial score (nSPS) is 14.7. The molecular weight excluding hydrogens is 418 g/mol. The van der Waals surface area contributed by atoms with Gasteiger partial charge in [0.05, 0.1) is 11.4 Å². The highest BCUT2D eigenvalue weighted by atomic mass is 15.3. The van der Waals surface area contributed by atoms with Gasteiger partial charge in [0.1, 0.15) is 11.6 Å². The Balaban J connectivity index is 1.48. The van der Waals surface area contributed by atoms with E-state index < -0.39 is 0 Å². The molecule has 0 fully saturated rings. The Hall–Kier alpha value is -3.93. The van der Waals surface area contributed by atoms with Gasteiger partial charge < -0.3 is 19.2 Å². The first-order valence-corrected chi connectivity index (χ1v) is 11.6. The zero-order valence-corrected chi connectivity index (χ0v) is 19.9. The second-order valence-electron chi connectivity index (χ2n) is 9.06. The molecule has 2 aliphatic rings. The van der Waals surface area contributed by atoms with Crippen LogP contribution in [0.5, 0.6) is 0 Å². The van der Waals surface area contributed by atoms with Gasteiger partial charge >= 0.3 is 14.0 Å². The van der Waals surface area contributed by atoms with Gasteiger partial charge in [0, 0.05) is 12.4 Å². The fraction of sp³-hybridized carbons (Fsp3) is 0.154. The van der Waals surface area contributed by atoms with E-state index in [1.165, 1.54) is 22.1 Å². The molecule has 2 aromatic heterocycles. The first-order chi connectivity index (χ1) is 16.6. The van der Waals surface area contributed by atoms with Crippen LogP contribution in [0.4, 0.5) is 23.0 Å². The van der Waals surface area contributed by atoms with Crippen LogP contribution in [-0.2, 0) is 0 Å². The van der Waals surface area contributed by atoms with Crippen LogP contribution in [-0.4, -0.2) is 52.1 Å². The third-order valence-corrected chi connectivity index (χ3v) is 7.20. The molecule has 4 aromatic rings. The van der Waals surface area contributed by atoms with Crippen molar-refractivity contribution in [1.29, 1.82) is 0 Å². The third kappa shape index (κ3) is 2.91. The largest absolute Gasteiger partial charge is 0.412 e. The molecule has 0 atom stereocenters. The van der Waals surface area contributed by atoms with Crippen molar-refractivity contribution in [3.05, 3.63) is 85.2 Å². The lowest BCUT2D eigenvalue weighted by atomic mass is 9.59. The fourth-order valence-electron chi connectivity index (χ4n) is 5.66.